The van der Waals surface area contributed by atoms with Gasteiger partial charge in [0, 0.05) is 13.6 Å². The maximum absolute atomic E-state index is 12.7. The standard InChI is InChI=1S/C18H22N6O2/c1-23(11-13-8-9-15-16(10-13)21-26-20-15)18(25)17-12-24(22-19-17)14-6-4-2-3-5-7-14/h8-10,12,14H,2-7,11H2,1H3. The molecule has 0 saturated heterocycles. The first-order valence-corrected chi connectivity index (χ1v) is 9.09. The Kier molecular flexibility index (Phi) is 4.64. The fourth-order valence-electron chi connectivity index (χ4n) is 3.54. The number of rotatable bonds is 4. The Hall–Kier alpha value is -2.77. The SMILES string of the molecule is CN(Cc1ccc2nonc2c1)C(=O)c1cn(C2CCCCCC2)nn1. The number of hydrogen-bond acceptors (Lipinski definition) is 6. The highest BCUT2D eigenvalue weighted by Crippen LogP contribution is 2.26. The molecule has 0 atom stereocenters. The molecular weight excluding hydrogens is 332 g/mol. The Labute approximate surface area is 151 Å². The number of amides is 1. The molecule has 0 aliphatic heterocycles. The van der Waals surface area contributed by atoms with Crippen LogP contribution in [0, 0.1) is 0 Å². The molecule has 2 aromatic heterocycles. The van der Waals surface area contributed by atoms with E-state index in [4.69, 9.17) is 4.63 Å². The summed E-state index contributed by atoms with van der Waals surface area (Å²) in [6, 6.07) is 5.98. The van der Waals surface area contributed by atoms with Crippen molar-refractivity contribution < 1.29 is 9.42 Å². The minimum atomic E-state index is -0.136. The maximum atomic E-state index is 12.7. The van der Waals surface area contributed by atoms with E-state index in [0.29, 0.717) is 29.3 Å². The van der Waals surface area contributed by atoms with E-state index in [-0.39, 0.29) is 5.91 Å². The van der Waals surface area contributed by atoms with Gasteiger partial charge in [-0.15, -0.1) is 5.10 Å². The van der Waals surface area contributed by atoms with Gasteiger partial charge in [0.1, 0.15) is 11.0 Å². The highest BCUT2D eigenvalue weighted by molar-refractivity contribution is 5.91. The van der Waals surface area contributed by atoms with Crippen molar-refractivity contribution >= 4 is 16.9 Å². The quantitative estimate of drug-likeness (QED) is 0.669. The van der Waals surface area contributed by atoms with Crippen LogP contribution in [0.4, 0.5) is 0 Å². The van der Waals surface area contributed by atoms with Gasteiger partial charge in [-0.1, -0.05) is 37.0 Å². The van der Waals surface area contributed by atoms with Gasteiger partial charge in [-0.05, 0) is 40.9 Å². The average molecular weight is 354 g/mol. The summed E-state index contributed by atoms with van der Waals surface area (Å²) >= 11 is 0. The van der Waals surface area contributed by atoms with Gasteiger partial charge in [-0.25, -0.2) is 9.31 Å². The van der Waals surface area contributed by atoms with Gasteiger partial charge in [0.05, 0.1) is 12.2 Å². The summed E-state index contributed by atoms with van der Waals surface area (Å²) in [6.45, 7) is 0.456. The molecule has 26 heavy (non-hydrogen) atoms. The fraction of sp³-hybridized carbons (Fsp3) is 0.500. The van der Waals surface area contributed by atoms with Crippen LogP contribution in [0.5, 0.6) is 0 Å². The summed E-state index contributed by atoms with van der Waals surface area (Å²) in [6.07, 6.45) is 9.01. The number of nitrogens with zero attached hydrogens (tertiary/aromatic N) is 6. The molecule has 1 aliphatic rings. The summed E-state index contributed by atoms with van der Waals surface area (Å²) in [5.74, 6) is -0.136. The average Bonchev–Trinajstić information content (AvgIpc) is 3.24. The number of aromatic nitrogens is 5. The molecule has 2 heterocycles. The zero-order valence-electron chi connectivity index (χ0n) is 14.8. The molecule has 8 heteroatoms. The van der Waals surface area contributed by atoms with Crippen LogP contribution in [-0.4, -0.2) is 43.2 Å². The molecule has 4 rings (SSSR count). The molecule has 8 nitrogen and oxygen atoms in total. The molecule has 0 unspecified atom stereocenters. The Morgan fingerprint density at radius 3 is 2.77 bits per heavy atom. The number of hydrogen-bond donors (Lipinski definition) is 0. The minimum Gasteiger partial charge on any atom is -0.336 e. The van der Waals surface area contributed by atoms with Gasteiger partial charge in [0.2, 0.25) is 0 Å². The third-order valence-corrected chi connectivity index (χ3v) is 5.01. The first-order chi connectivity index (χ1) is 12.7. The summed E-state index contributed by atoms with van der Waals surface area (Å²) < 4.78 is 6.58. The topological polar surface area (TPSA) is 89.9 Å². The van der Waals surface area contributed by atoms with Crippen LogP contribution in [0.25, 0.3) is 11.0 Å². The van der Waals surface area contributed by atoms with Crippen LogP contribution in [0.1, 0.15) is 60.6 Å². The minimum absolute atomic E-state index is 0.136. The predicted molar refractivity (Wildman–Crippen MR) is 94.4 cm³/mol. The lowest BCUT2D eigenvalue weighted by Gasteiger charge is -2.16. The lowest BCUT2D eigenvalue weighted by molar-refractivity contribution is 0.0779. The molecule has 0 radical (unpaired) electrons. The van der Waals surface area contributed by atoms with E-state index in [1.807, 2.05) is 22.9 Å². The molecule has 1 saturated carbocycles. The maximum Gasteiger partial charge on any atom is 0.276 e. The molecule has 0 bridgehead atoms. The summed E-state index contributed by atoms with van der Waals surface area (Å²) in [7, 11) is 1.76. The van der Waals surface area contributed by atoms with Crippen molar-refractivity contribution in [2.24, 2.45) is 0 Å². The Morgan fingerprint density at radius 2 is 1.96 bits per heavy atom. The molecule has 1 amide bonds. The summed E-state index contributed by atoms with van der Waals surface area (Å²) in [5, 5.41) is 16.0. The van der Waals surface area contributed by atoms with Crippen LogP contribution in [0.2, 0.25) is 0 Å². The smallest absolute Gasteiger partial charge is 0.276 e. The second-order valence-electron chi connectivity index (χ2n) is 6.98. The van der Waals surface area contributed by atoms with Crippen LogP contribution in [0.3, 0.4) is 0 Å². The summed E-state index contributed by atoms with van der Waals surface area (Å²) in [4.78, 5) is 14.3. The van der Waals surface area contributed by atoms with Crippen molar-refractivity contribution in [2.45, 2.75) is 51.1 Å². The van der Waals surface area contributed by atoms with Crippen LogP contribution >= 0.6 is 0 Å². The molecule has 0 spiro atoms. The zero-order valence-corrected chi connectivity index (χ0v) is 14.8. The highest BCUT2D eigenvalue weighted by Gasteiger charge is 2.20. The molecule has 3 aromatic rings. The fourth-order valence-corrected chi connectivity index (χ4v) is 3.54. The Bertz CT molecular complexity index is 894. The zero-order chi connectivity index (χ0) is 17.9. The van der Waals surface area contributed by atoms with E-state index in [0.717, 1.165) is 18.4 Å². The third kappa shape index (κ3) is 3.44. The highest BCUT2D eigenvalue weighted by atomic mass is 16.6. The molecule has 0 N–H and O–H groups in total. The van der Waals surface area contributed by atoms with Crippen molar-refractivity contribution in [2.75, 3.05) is 7.05 Å². The molecule has 1 fully saturated rings. The number of fused-ring (bicyclic) bond motifs is 1. The van der Waals surface area contributed by atoms with Crippen molar-refractivity contribution in [1.29, 1.82) is 0 Å². The van der Waals surface area contributed by atoms with E-state index in [2.05, 4.69) is 20.6 Å². The second kappa shape index (κ2) is 7.23. The Balaban J connectivity index is 1.44. The molecule has 1 aromatic carbocycles. The first kappa shape index (κ1) is 16.7. The van der Waals surface area contributed by atoms with Crippen LogP contribution in [0.15, 0.2) is 29.0 Å². The van der Waals surface area contributed by atoms with Crippen molar-refractivity contribution in [3.8, 4) is 0 Å². The van der Waals surface area contributed by atoms with Gasteiger partial charge >= 0.3 is 0 Å². The van der Waals surface area contributed by atoms with Crippen molar-refractivity contribution in [1.82, 2.24) is 30.2 Å². The molecule has 1 aliphatic carbocycles. The monoisotopic (exact) mass is 354 g/mol. The van der Waals surface area contributed by atoms with Gasteiger partial charge in [-0.3, -0.25) is 4.79 Å². The lowest BCUT2D eigenvalue weighted by atomic mass is 10.1. The number of carbonyl (C=O) groups excluding carboxylic acids is 1. The van der Waals surface area contributed by atoms with Crippen LogP contribution < -0.4 is 0 Å². The lowest BCUT2D eigenvalue weighted by Crippen LogP contribution is -2.26. The van der Waals surface area contributed by atoms with Crippen molar-refractivity contribution in [3.63, 3.8) is 0 Å². The van der Waals surface area contributed by atoms with Crippen molar-refractivity contribution in [3.05, 3.63) is 35.7 Å². The van der Waals surface area contributed by atoms with E-state index in [1.54, 1.807) is 18.1 Å². The second-order valence-corrected chi connectivity index (χ2v) is 6.98. The molecule has 136 valence electrons. The van der Waals surface area contributed by atoms with Gasteiger partial charge in [-0.2, -0.15) is 0 Å². The third-order valence-electron chi connectivity index (χ3n) is 5.01. The first-order valence-electron chi connectivity index (χ1n) is 9.09. The number of carbonyl (C=O) groups is 1. The normalized spacial score (nSPS) is 15.9. The van der Waals surface area contributed by atoms with Gasteiger partial charge in [0.15, 0.2) is 5.69 Å². The van der Waals surface area contributed by atoms with E-state index in [9.17, 15) is 4.79 Å². The number of benzene rings is 1. The van der Waals surface area contributed by atoms with Crippen LogP contribution in [-0.2, 0) is 6.54 Å². The van der Waals surface area contributed by atoms with E-state index >= 15 is 0 Å². The van der Waals surface area contributed by atoms with Gasteiger partial charge < -0.3 is 4.90 Å². The predicted octanol–water partition coefficient (Wildman–Crippen LogP) is 2.98. The summed E-state index contributed by atoms with van der Waals surface area (Å²) in [5.41, 5.74) is 2.73. The Morgan fingerprint density at radius 1 is 1.19 bits per heavy atom. The van der Waals surface area contributed by atoms with E-state index in [1.165, 1.54) is 25.7 Å². The van der Waals surface area contributed by atoms with E-state index < -0.39 is 0 Å². The van der Waals surface area contributed by atoms with Gasteiger partial charge in [0.25, 0.3) is 5.91 Å². The molecular formula is C18H22N6O2. The largest absolute Gasteiger partial charge is 0.336 e.